The van der Waals surface area contributed by atoms with Gasteiger partial charge < -0.3 is 10.6 Å². The van der Waals surface area contributed by atoms with Crippen LogP contribution in [0.25, 0.3) is 0 Å². The smallest absolute Gasteiger partial charge is 0.244 e. The number of rotatable bonds is 4. The molecule has 6 heteroatoms. The maximum Gasteiger partial charge on any atom is 0.244 e. The lowest BCUT2D eigenvalue weighted by atomic mass is 10.2. The summed E-state index contributed by atoms with van der Waals surface area (Å²) in [7, 11) is 0. The van der Waals surface area contributed by atoms with Gasteiger partial charge in [-0.05, 0) is 43.5 Å². The third-order valence-corrected chi connectivity index (χ3v) is 4.19. The van der Waals surface area contributed by atoms with Gasteiger partial charge in [-0.2, -0.15) is 10.1 Å². The van der Waals surface area contributed by atoms with Crippen molar-refractivity contribution in [3.8, 4) is 0 Å². The van der Waals surface area contributed by atoms with Gasteiger partial charge in [0, 0.05) is 16.2 Å². The molecule has 1 aromatic heterocycles. The zero-order valence-corrected chi connectivity index (χ0v) is 13.5. The molecule has 0 spiro atoms. The van der Waals surface area contributed by atoms with Gasteiger partial charge in [0.05, 0.1) is 6.20 Å². The molecule has 5 nitrogen and oxygen atoms in total. The van der Waals surface area contributed by atoms with E-state index in [4.69, 9.17) is 0 Å². The van der Waals surface area contributed by atoms with E-state index in [9.17, 15) is 0 Å². The minimum absolute atomic E-state index is 0.483. The van der Waals surface area contributed by atoms with Crippen LogP contribution in [0.2, 0.25) is 0 Å². The fourth-order valence-electron chi connectivity index (χ4n) is 2.58. The number of hydrogen-bond acceptors (Lipinski definition) is 5. The summed E-state index contributed by atoms with van der Waals surface area (Å²) in [6.45, 7) is 2.05. The predicted molar refractivity (Wildman–Crippen MR) is 87.9 cm³/mol. The molecule has 1 aliphatic carbocycles. The van der Waals surface area contributed by atoms with Gasteiger partial charge in [-0.15, -0.1) is 5.10 Å². The van der Waals surface area contributed by atoms with E-state index in [1.54, 1.807) is 6.20 Å². The molecule has 0 aliphatic heterocycles. The van der Waals surface area contributed by atoms with Crippen molar-refractivity contribution >= 4 is 33.4 Å². The monoisotopic (exact) mass is 347 g/mol. The van der Waals surface area contributed by atoms with Gasteiger partial charge in [0.2, 0.25) is 5.95 Å². The largest absolute Gasteiger partial charge is 0.350 e. The number of aryl methyl sites for hydroxylation is 1. The van der Waals surface area contributed by atoms with E-state index in [2.05, 4.69) is 54.7 Å². The minimum atomic E-state index is 0.483. The Morgan fingerprint density at radius 3 is 2.81 bits per heavy atom. The topological polar surface area (TPSA) is 62.7 Å². The van der Waals surface area contributed by atoms with Gasteiger partial charge in [-0.25, -0.2) is 0 Å². The van der Waals surface area contributed by atoms with Crippen LogP contribution >= 0.6 is 15.9 Å². The first-order valence-electron chi connectivity index (χ1n) is 7.20. The number of aromatic nitrogens is 3. The summed E-state index contributed by atoms with van der Waals surface area (Å²) in [5, 5.41) is 14.7. The maximum atomic E-state index is 4.49. The highest BCUT2D eigenvalue weighted by Crippen LogP contribution is 2.24. The molecule has 1 aliphatic rings. The standard InChI is InChI=1S/C15H18BrN5/c1-10-8-11(16)6-7-13(10)19-14-9-17-21-15(20-14)18-12-4-2-3-5-12/h6-9,12H,2-5H2,1H3,(H2,18,19,20,21). The number of hydrogen-bond donors (Lipinski definition) is 2. The second-order valence-electron chi connectivity index (χ2n) is 5.38. The fourth-order valence-corrected chi connectivity index (χ4v) is 3.06. The lowest BCUT2D eigenvalue weighted by Gasteiger charge is -2.13. The predicted octanol–water partition coefficient (Wildman–Crippen LogP) is 4.04. The van der Waals surface area contributed by atoms with Gasteiger partial charge >= 0.3 is 0 Å². The molecule has 110 valence electrons. The molecule has 0 radical (unpaired) electrons. The Morgan fingerprint density at radius 1 is 1.24 bits per heavy atom. The van der Waals surface area contributed by atoms with E-state index in [0.29, 0.717) is 17.8 Å². The molecule has 0 bridgehead atoms. The molecule has 0 unspecified atom stereocenters. The molecule has 3 rings (SSSR count). The molecular weight excluding hydrogens is 330 g/mol. The van der Waals surface area contributed by atoms with Gasteiger partial charge in [-0.3, -0.25) is 0 Å². The van der Waals surface area contributed by atoms with Crippen LogP contribution in [-0.2, 0) is 0 Å². The van der Waals surface area contributed by atoms with E-state index in [-0.39, 0.29) is 0 Å². The fraction of sp³-hybridized carbons (Fsp3) is 0.400. The van der Waals surface area contributed by atoms with Crippen LogP contribution in [0.1, 0.15) is 31.2 Å². The first-order chi connectivity index (χ1) is 10.2. The Bertz CT molecular complexity index is 625. The number of nitrogens with zero attached hydrogens (tertiary/aromatic N) is 3. The summed E-state index contributed by atoms with van der Waals surface area (Å²) >= 11 is 3.47. The summed E-state index contributed by atoms with van der Waals surface area (Å²) in [5.74, 6) is 1.30. The van der Waals surface area contributed by atoms with Crippen molar-refractivity contribution in [3.05, 3.63) is 34.4 Å². The summed E-state index contributed by atoms with van der Waals surface area (Å²) in [6.07, 6.45) is 6.57. The maximum absolute atomic E-state index is 4.49. The molecule has 0 amide bonds. The van der Waals surface area contributed by atoms with Gasteiger partial charge in [0.1, 0.15) is 0 Å². The average molecular weight is 348 g/mol. The molecular formula is C15H18BrN5. The van der Waals surface area contributed by atoms with Crippen molar-refractivity contribution in [2.75, 3.05) is 10.6 Å². The van der Waals surface area contributed by atoms with E-state index in [1.807, 2.05) is 12.1 Å². The van der Waals surface area contributed by atoms with Crippen molar-refractivity contribution in [1.82, 2.24) is 15.2 Å². The third kappa shape index (κ3) is 3.69. The summed E-state index contributed by atoms with van der Waals surface area (Å²) < 4.78 is 1.06. The quantitative estimate of drug-likeness (QED) is 0.873. The molecule has 21 heavy (non-hydrogen) atoms. The summed E-state index contributed by atoms with van der Waals surface area (Å²) in [6, 6.07) is 6.57. The molecule has 2 aromatic rings. The lowest BCUT2D eigenvalue weighted by molar-refractivity contribution is 0.738. The highest BCUT2D eigenvalue weighted by Gasteiger charge is 2.16. The molecule has 1 aromatic carbocycles. The summed E-state index contributed by atoms with van der Waals surface area (Å²) in [4.78, 5) is 4.49. The molecule has 2 N–H and O–H groups in total. The van der Waals surface area contributed by atoms with Crippen LogP contribution in [0.4, 0.5) is 17.5 Å². The van der Waals surface area contributed by atoms with Crippen molar-refractivity contribution < 1.29 is 0 Å². The van der Waals surface area contributed by atoms with Crippen LogP contribution in [0.15, 0.2) is 28.9 Å². The second kappa shape index (κ2) is 6.39. The zero-order valence-electron chi connectivity index (χ0n) is 11.9. The third-order valence-electron chi connectivity index (χ3n) is 3.70. The minimum Gasteiger partial charge on any atom is -0.350 e. The van der Waals surface area contributed by atoms with Gasteiger partial charge in [-0.1, -0.05) is 28.8 Å². The summed E-state index contributed by atoms with van der Waals surface area (Å²) in [5.41, 5.74) is 2.17. The Hall–Kier alpha value is -1.69. The van der Waals surface area contributed by atoms with Crippen LogP contribution in [0.5, 0.6) is 0 Å². The number of halogens is 1. The average Bonchev–Trinajstić information content (AvgIpc) is 2.95. The normalized spacial score (nSPS) is 15.1. The van der Waals surface area contributed by atoms with Crippen LogP contribution in [0.3, 0.4) is 0 Å². The van der Waals surface area contributed by atoms with E-state index < -0.39 is 0 Å². The van der Waals surface area contributed by atoms with Crippen LogP contribution in [0, 0.1) is 6.92 Å². The second-order valence-corrected chi connectivity index (χ2v) is 6.29. The highest BCUT2D eigenvalue weighted by molar-refractivity contribution is 9.10. The number of anilines is 3. The Labute approximate surface area is 132 Å². The Morgan fingerprint density at radius 2 is 2.05 bits per heavy atom. The van der Waals surface area contributed by atoms with E-state index in [1.165, 1.54) is 25.7 Å². The van der Waals surface area contributed by atoms with Crippen LogP contribution < -0.4 is 10.6 Å². The van der Waals surface area contributed by atoms with Crippen LogP contribution in [-0.4, -0.2) is 21.2 Å². The lowest BCUT2D eigenvalue weighted by Crippen LogP contribution is -2.17. The number of benzene rings is 1. The Balaban J connectivity index is 1.73. The Kier molecular flexibility index (Phi) is 4.34. The molecule has 1 saturated carbocycles. The first kappa shape index (κ1) is 14.3. The van der Waals surface area contributed by atoms with Crippen molar-refractivity contribution in [2.24, 2.45) is 0 Å². The SMILES string of the molecule is Cc1cc(Br)ccc1Nc1cnnc(NC2CCCC2)n1. The number of nitrogens with one attached hydrogen (secondary N) is 2. The molecule has 1 fully saturated rings. The highest BCUT2D eigenvalue weighted by atomic mass is 79.9. The van der Waals surface area contributed by atoms with Gasteiger partial charge in [0.25, 0.3) is 0 Å². The van der Waals surface area contributed by atoms with Gasteiger partial charge in [0.15, 0.2) is 5.82 Å². The first-order valence-corrected chi connectivity index (χ1v) is 7.99. The zero-order chi connectivity index (χ0) is 14.7. The molecule has 0 saturated heterocycles. The van der Waals surface area contributed by atoms with Crippen molar-refractivity contribution in [1.29, 1.82) is 0 Å². The van der Waals surface area contributed by atoms with Crippen molar-refractivity contribution in [3.63, 3.8) is 0 Å². The molecule has 0 atom stereocenters. The van der Waals surface area contributed by atoms with E-state index >= 15 is 0 Å². The molecule has 1 heterocycles. The van der Waals surface area contributed by atoms with E-state index in [0.717, 1.165) is 15.7 Å². The van der Waals surface area contributed by atoms with Crippen molar-refractivity contribution in [2.45, 2.75) is 38.6 Å².